The van der Waals surface area contributed by atoms with E-state index in [0.29, 0.717) is 15.5 Å². The molecule has 0 atom stereocenters. The van der Waals surface area contributed by atoms with E-state index in [1.54, 1.807) is 0 Å². The summed E-state index contributed by atoms with van der Waals surface area (Å²) in [7, 11) is 0. The van der Waals surface area contributed by atoms with Crippen LogP contribution < -0.4 is 0 Å². The van der Waals surface area contributed by atoms with Crippen molar-refractivity contribution in [1.82, 2.24) is 15.0 Å². The van der Waals surface area contributed by atoms with E-state index in [1.807, 2.05) is 24.3 Å². The molecule has 0 saturated carbocycles. The van der Waals surface area contributed by atoms with Crippen LogP contribution in [0.1, 0.15) is 9.67 Å². The molecule has 1 aromatic carbocycles. The minimum Gasteiger partial charge on any atom is -0.333 e. The summed E-state index contributed by atoms with van der Waals surface area (Å²) >= 11 is 8.43. The Bertz CT molecular complexity index is 689. The highest BCUT2D eigenvalue weighted by molar-refractivity contribution is 8.00. The zero-order valence-corrected chi connectivity index (χ0v) is 11.3. The number of hydrogen-bond acceptors (Lipinski definition) is 5. The van der Waals surface area contributed by atoms with Gasteiger partial charge in [-0.15, -0.1) is 11.3 Å². The molecule has 0 unspecified atom stereocenters. The predicted molar refractivity (Wildman–Crippen MR) is 72.7 cm³/mol. The van der Waals surface area contributed by atoms with Gasteiger partial charge in [0.2, 0.25) is 0 Å². The maximum atomic E-state index is 10.7. The van der Waals surface area contributed by atoms with E-state index in [4.69, 9.17) is 11.6 Å². The maximum Gasteiger partial charge on any atom is 0.173 e. The van der Waals surface area contributed by atoms with E-state index >= 15 is 0 Å². The lowest BCUT2D eigenvalue weighted by Gasteiger charge is -1.88. The third-order valence-electron chi connectivity index (χ3n) is 2.25. The number of nitrogens with one attached hydrogen (secondary N) is 1. The van der Waals surface area contributed by atoms with Crippen LogP contribution in [0.15, 0.2) is 33.8 Å². The maximum absolute atomic E-state index is 10.7. The van der Waals surface area contributed by atoms with Crippen LogP contribution in [0.5, 0.6) is 0 Å². The molecule has 18 heavy (non-hydrogen) atoms. The van der Waals surface area contributed by atoms with Crippen LogP contribution in [-0.4, -0.2) is 21.2 Å². The average Bonchev–Trinajstić information content (AvgIpc) is 2.92. The van der Waals surface area contributed by atoms with Crippen LogP contribution in [0.3, 0.4) is 0 Å². The molecule has 0 aliphatic rings. The first kappa shape index (κ1) is 11.7. The Morgan fingerprint density at radius 2 is 2.17 bits per heavy atom. The minimum atomic E-state index is 0.244. The molecule has 3 rings (SSSR count). The second-order valence-electron chi connectivity index (χ2n) is 3.41. The van der Waals surface area contributed by atoms with Crippen molar-refractivity contribution in [2.45, 2.75) is 9.50 Å². The number of benzene rings is 1. The molecule has 2 heterocycles. The third kappa shape index (κ3) is 2.14. The fourth-order valence-corrected chi connectivity index (χ4v) is 3.60. The van der Waals surface area contributed by atoms with Crippen LogP contribution in [0.2, 0.25) is 5.15 Å². The van der Waals surface area contributed by atoms with Crippen molar-refractivity contribution in [3.63, 3.8) is 0 Å². The molecule has 0 amide bonds. The predicted octanol–water partition coefficient (Wildman–Crippen LogP) is 3.64. The number of H-pyrrole nitrogens is 1. The summed E-state index contributed by atoms with van der Waals surface area (Å²) in [5, 5.41) is 0.979. The van der Waals surface area contributed by atoms with Crippen molar-refractivity contribution in [2.24, 2.45) is 0 Å². The van der Waals surface area contributed by atoms with E-state index in [2.05, 4.69) is 15.0 Å². The Balaban J connectivity index is 1.93. The number of thiazole rings is 1. The summed E-state index contributed by atoms with van der Waals surface area (Å²) < 4.78 is 0.696. The smallest absolute Gasteiger partial charge is 0.173 e. The van der Waals surface area contributed by atoms with E-state index in [1.165, 1.54) is 23.1 Å². The van der Waals surface area contributed by atoms with Gasteiger partial charge in [-0.1, -0.05) is 23.7 Å². The number of aromatic nitrogens is 3. The molecule has 0 aliphatic heterocycles. The third-order valence-corrected chi connectivity index (χ3v) is 4.58. The van der Waals surface area contributed by atoms with Gasteiger partial charge in [-0.05, 0) is 23.9 Å². The first-order chi connectivity index (χ1) is 8.76. The van der Waals surface area contributed by atoms with Gasteiger partial charge in [0.1, 0.15) is 4.88 Å². The lowest BCUT2D eigenvalue weighted by atomic mass is 10.3. The van der Waals surface area contributed by atoms with Crippen molar-refractivity contribution in [3.8, 4) is 0 Å². The summed E-state index contributed by atoms with van der Waals surface area (Å²) in [4.78, 5) is 22.8. The number of carbonyl (C=O) groups is 1. The van der Waals surface area contributed by atoms with Gasteiger partial charge in [-0.3, -0.25) is 4.79 Å². The fourth-order valence-electron chi connectivity index (χ4n) is 1.47. The van der Waals surface area contributed by atoms with Gasteiger partial charge >= 0.3 is 0 Å². The van der Waals surface area contributed by atoms with Crippen LogP contribution in [0, 0.1) is 0 Å². The summed E-state index contributed by atoms with van der Waals surface area (Å²) in [6.07, 6.45) is 0.711. The highest BCUT2D eigenvalue weighted by Crippen LogP contribution is 2.33. The van der Waals surface area contributed by atoms with Gasteiger partial charge in [0.25, 0.3) is 0 Å². The molecule has 90 valence electrons. The molecule has 4 nitrogen and oxygen atoms in total. The van der Waals surface area contributed by atoms with E-state index in [9.17, 15) is 4.79 Å². The van der Waals surface area contributed by atoms with Crippen LogP contribution in [0.4, 0.5) is 0 Å². The normalized spacial score (nSPS) is 10.9. The first-order valence-corrected chi connectivity index (χ1v) is 7.01. The molecule has 0 saturated heterocycles. The number of aldehydes is 1. The Morgan fingerprint density at radius 3 is 2.89 bits per heavy atom. The van der Waals surface area contributed by atoms with E-state index in [0.717, 1.165) is 16.2 Å². The number of para-hydroxylation sites is 2. The van der Waals surface area contributed by atoms with E-state index < -0.39 is 0 Å². The molecular weight excluding hydrogens is 290 g/mol. The molecule has 1 N–H and O–H groups in total. The Kier molecular flexibility index (Phi) is 3.07. The Morgan fingerprint density at radius 1 is 1.33 bits per heavy atom. The summed E-state index contributed by atoms with van der Waals surface area (Å²) in [6.45, 7) is 0. The number of hydrogen-bond donors (Lipinski definition) is 1. The number of aromatic amines is 1. The largest absolute Gasteiger partial charge is 0.333 e. The quantitative estimate of drug-likeness (QED) is 0.750. The van der Waals surface area contributed by atoms with Crippen LogP contribution >= 0.6 is 34.7 Å². The van der Waals surface area contributed by atoms with Crippen molar-refractivity contribution in [3.05, 3.63) is 34.3 Å². The minimum absolute atomic E-state index is 0.244. The molecule has 7 heteroatoms. The molecular formula is C11H6ClN3OS2. The van der Waals surface area contributed by atoms with Gasteiger partial charge in [-0.2, -0.15) is 0 Å². The van der Waals surface area contributed by atoms with Crippen LogP contribution in [0.25, 0.3) is 11.0 Å². The SMILES string of the molecule is O=Cc1sc(Sc2nc3ccccc3[nH]2)nc1Cl. The summed E-state index contributed by atoms with van der Waals surface area (Å²) in [5.74, 6) is 0. The van der Waals surface area contributed by atoms with Gasteiger partial charge in [0.15, 0.2) is 20.9 Å². The average molecular weight is 296 g/mol. The number of fused-ring (bicyclic) bond motifs is 1. The van der Waals surface area contributed by atoms with Gasteiger partial charge < -0.3 is 4.98 Å². The number of imidazole rings is 1. The second kappa shape index (κ2) is 4.72. The number of carbonyl (C=O) groups excluding carboxylic acids is 1. The zero-order valence-electron chi connectivity index (χ0n) is 8.88. The molecule has 0 spiro atoms. The fraction of sp³-hybridized carbons (Fsp3) is 0. The van der Waals surface area contributed by atoms with Crippen molar-refractivity contribution in [2.75, 3.05) is 0 Å². The van der Waals surface area contributed by atoms with Crippen LogP contribution in [-0.2, 0) is 0 Å². The molecule has 0 aliphatic carbocycles. The monoisotopic (exact) mass is 295 g/mol. The van der Waals surface area contributed by atoms with Gasteiger partial charge in [0.05, 0.1) is 11.0 Å². The number of halogens is 1. The van der Waals surface area contributed by atoms with Gasteiger partial charge in [-0.25, -0.2) is 9.97 Å². The molecule has 2 aromatic heterocycles. The van der Waals surface area contributed by atoms with Crippen molar-refractivity contribution >= 4 is 52.0 Å². The topological polar surface area (TPSA) is 58.6 Å². The van der Waals surface area contributed by atoms with E-state index in [-0.39, 0.29) is 5.15 Å². The Hall–Kier alpha value is -1.37. The van der Waals surface area contributed by atoms with Crippen molar-refractivity contribution < 1.29 is 4.79 Å². The molecule has 0 radical (unpaired) electrons. The summed E-state index contributed by atoms with van der Waals surface area (Å²) in [5.41, 5.74) is 1.87. The molecule has 0 fully saturated rings. The molecule has 3 aromatic rings. The van der Waals surface area contributed by atoms with Gasteiger partial charge in [0, 0.05) is 0 Å². The second-order valence-corrected chi connectivity index (χ2v) is 6.04. The standard InChI is InChI=1S/C11H6ClN3OS2/c12-9-8(5-16)17-11(15-9)18-10-13-6-3-1-2-4-7(6)14-10/h1-5H,(H,13,14). The molecule has 0 bridgehead atoms. The zero-order chi connectivity index (χ0) is 12.5. The Labute approximate surface area is 115 Å². The lowest BCUT2D eigenvalue weighted by molar-refractivity contribution is 0.112. The number of rotatable bonds is 3. The first-order valence-electron chi connectivity index (χ1n) is 5.00. The lowest BCUT2D eigenvalue weighted by Crippen LogP contribution is -1.74. The highest BCUT2D eigenvalue weighted by Gasteiger charge is 2.11. The summed E-state index contributed by atoms with van der Waals surface area (Å²) in [6, 6.07) is 7.77. The highest BCUT2D eigenvalue weighted by atomic mass is 35.5. The van der Waals surface area contributed by atoms with Crippen molar-refractivity contribution in [1.29, 1.82) is 0 Å². The number of nitrogens with zero attached hydrogens (tertiary/aromatic N) is 2.